The molecule has 0 fully saturated rings. The first-order valence-electron chi connectivity index (χ1n) is 7.51. The van der Waals surface area contributed by atoms with Crippen molar-refractivity contribution in [2.24, 2.45) is 10.8 Å². The van der Waals surface area contributed by atoms with Crippen molar-refractivity contribution in [1.82, 2.24) is 4.90 Å². The maximum absolute atomic E-state index is 11.9. The standard InChI is InChI=1S/C17H35NO2/c1-14(2,3)11-16(7,8)18(13(19)20)17(9,10)12-15(4,5)6/h11-12H2,1-10H3,(H,19,20). The van der Waals surface area contributed by atoms with Gasteiger partial charge in [-0.3, -0.25) is 4.90 Å². The van der Waals surface area contributed by atoms with Crippen LogP contribution < -0.4 is 0 Å². The van der Waals surface area contributed by atoms with Crippen LogP contribution in [0.1, 0.15) is 82.1 Å². The summed E-state index contributed by atoms with van der Waals surface area (Å²) in [7, 11) is 0. The number of hydrogen-bond donors (Lipinski definition) is 1. The SMILES string of the molecule is CC(C)(C)CC(C)(C)N(C(=O)O)C(C)(C)CC(C)(C)C. The van der Waals surface area contributed by atoms with Crippen molar-refractivity contribution in [3.63, 3.8) is 0 Å². The van der Waals surface area contributed by atoms with Crippen molar-refractivity contribution in [3.05, 3.63) is 0 Å². The van der Waals surface area contributed by atoms with Crippen molar-refractivity contribution >= 4 is 6.09 Å². The van der Waals surface area contributed by atoms with Crippen LogP contribution in [0.5, 0.6) is 0 Å². The second kappa shape index (κ2) is 5.57. The Bertz CT molecular complexity index is 315. The van der Waals surface area contributed by atoms with Crippen LogP contribution in [0.25, 0.3) is 0 Å². The first kappa shape index (κ1) is 19.3. The molecule has 20 heavy (non-hydrogen) atoms. The maximum atomic E-state index is 11.9. The molecule has 0 atom stereocenters. The molecule has 0 aliphatic carbocycles. The lowest BCUT2D eigenvalue weighted by atomic mass is 9.75. The summed E-state index contributed by atoms with van der Waals surface area (Å²) in [6.07, 6.45) is 0.841. The number of amides is 1. The minimum Gasteiger partial charge on any atom is -0.465 e. The molecule has 0 saturated heterocycles. The summed E-state index contributed by atoms with van der Waals surface area (Å²) < 4.78 is 0. The fraction of sp³-hybridized carbons (Fsp3) is 0.941. The van der Waals surface area contributed by atoms with Gasteiger partial charge in [0.1, 0.15) is 0 Å². The Kier molecular flexibility index (Phi) is 5.37. The predicted octanol–water partition coefficient (Wildman–Crippen LogP) is 5.40. The molecule has 0 aliphatic rings. The van der Waals surface area contributed by atoms with Crippen LogP contribution in [0, 0.1) is 10.8 Å². The van der Waals surface area contributed by atoms with Crippen LogP contribution in [-0.2, 0) is 0 Å². The lowest BCUT2D eigenvalue weighted by Crippen LogP contribution is -2.59. The molecular weight excluding hydrogens is 250 g/mol. The van der Waals surface area contributed by atoms with Gasteiger partial charge >= 0.3 is 6.09 Å². The minimum atomic E-state index is -0.825. The van der Waals surface area contributed by atoms with E-state index in [-0.39, 0.29) is 10.8 Å². The summed E-state index contributed by atoms with van der Waals surface area (Å²) >= 11 is 0. The smallest absolute Gasteiger partial charge is 0.408 e. The third kappa shape index (κ3) is 6.15. The topological polar surface area (TPSA) is 40.5 Å². The number of nitrogens with zero attached hydrogens (tertiary/aromatic N) is 1. The summed E-state index contributed by atoms with van der Waals surface area (Å²) in [6, 6.07) is 0. The quantitative estimate of drug-likeness (QED) is 0.751. The number of rotatable bonds is 4. The first-order valence-corrected chi connectivity index (χ1v) is 7.51. The molecule has 0 aromatic heterocycles. The molecule has 0 radical (unpaired) electrons. The van der Waals surface area contributed by atoms with Gasteiger partial charge < -0.3 is 5.11 Å². The molecule has 0 spiro atoms. The molecule has 0 bridgehead atoms. The second-order valence-corrected chi connectivity index (χ2v) is 9.72. The maximum Gasteiger partial charge on any atom is 0.408 e. The van der Waals surface area contributed by atoms with Gasteiger partial charge in [-0.2, -0.15) is 0 Å². The van der Waals surface area contributed by atoms with Crippen molar-refractivity contribution < 1.29 is 9.90 Å². The highest BCUT2D eigenvalue weighted by Gasteiger charge is 2.44. The Morgan fingerprint density at radius 1 is 0.750 bits per heavy atom. The van der Waals surface area contributed by atoms with E-state index >= 15 is 0 Å². The van der Waals surface area contributed by atoms with Crippen LogP contribution in [-0.4, -0.2) is 27.2 Å². The van der Waals surface area contributed by atoms with E-state index in [1.807, 2.05) is 27.7 Å². The van der Waals surface area contributed by atoms with E-state index in [9.17, 15) is 9.90 Å². The van der Waals surface area contributed by atoms with Crippen molar-refractivity contribution in [2.45, 2.75) is 93.2 Å². The fourth-order valence-electron chi connectivity index (χ4n) is 4.09. The van der Waals surface area contributed by atoms with E-state index in [0.29, 0.717) is 0 Å². The van der Waals surface area contributed by atoms with Crippen LogP contribution in [0.15, 0.2) is 0 Å². The molecule has 0 rings (SSSR count). The van der Waals surface area contributed by atoms with Gasteiger partial charge in [-0.25, -0.2) is 4.79 Å². The van der Waals surface area contributed by atoms with E-state index in [2.05, 4.69) is 41.5 Å². The number of carbonyl (C=O) groups is 1. The molecule has 0 aliphatic heterocycles. The molecule has 0 saturated carbocycles. The van der Waals surface area contributed by atoms with Crippen LogP contribution >= 0.6 is 0 Å². The molecule has 0 aromatic carbocycles. The Morgan fingerprint density at radius 2 is 1.00 bits per heavy atom. The Morgan fingerprint density at radius 3 is 1.15 bits per heavy atom. The molecule has 3 nitrogen and oxygen atoms in total. The Hall–Kier alpha value is -0.730. The molecule has 120 valence electrons. The van der Waals surface area contributed by atoms with Crippen LogP contribution in [0.3, 0.4) is 0 Å². The molecular formula is C17H35NO2. The van der Waals surface area contributed by atoms with Crippen molar-refractivity contribution in [1.29, 1.82) is 0 Å². The fourth-order valence-corrected chi connectivity index (χ4v) is 4.09. The summed E-state index contributed by atoms with van der Waals surface area (Å²) in [5.41, 5.74) is -0.596. The summed E-state index contributed by atoms with van der Waals surface area (Å²) in [5, 5.41) is 9.76. The second-order valence-electron chi connectivity index (χ2n) is 9.72. The number of hydrogen-bond acceptors (Lipinski definition) is 1. The number of carboxylic acid groups (broad SMARTS) is 1. The largest absolute Gasteiger partial charge is 0.465 e. The van der Waals surface area contributed by atoms with Gasteiger partial charge in [-0.15, -0.1) is 0 Å². The van der Waals surface area contributed by atoms with E-state index in [0.717, 1.165) is 12.8 Å². The van der Waals surface area contributed by atoms with E-state index < -0.39 is 17.2 Å². The van der Waals surface area contributed by atoms with Gasteiger partial charge in [0.05, 0.1) is 0 Å². The lowest BCUT2D eigenvalue weighted by molar-refractivity contribution is -0.00988. The van der Waals surface area contributed by atoms with Gasteiger partial charge in [0.2, 0.25) is 0 Å². The third-order valence-electron chi connectivity index (χ3n) is 3.33. The highest BCUT2D eigenvalue weighted by Crippen LogP contribution is 2.39. The van der Waals surface area contributed by atoms with E-state index in [4.69, 9.17) is 0 Å². The minimum absolute atomic E-state index is 0.0923. The Labute approximate surface area is 125 Å². The third-order valence-corrected chi connectivity index (χ3v) is 3.33. The van der Waals surface area contributed by atoms with Crippen LogP contribution in [0.4, 0.5) is 4.79 Å². The van der Waals surface area contributed by atoms with E-state index in [1.165, 1.54) is 0 Å². The lowest BCUT2D eigenvalue weighted by Gasteiger charge is -2.50. The normalized spacial score (nSPS) is 14.3. The van der Waals surface area contributed by atoms with Crippen molar-refractivity contribution in [2.75, 3.05) is 0 Å². The highest BCUT2D eigenvalue weighted by atomic mass is 16.4. The molecule has 3 heteroatoms. The molecule has 0 heterocycles. The first-order chi connectivity index (χ1) is 8.48. The van der Waals surface area contributed by atoms with Crippen LogP contribution in [0.2, 0.25) is 0 Å². The molecule has 0 unspecified atom stereocenters. The van der Waals surface area contributed by atoms with Gasteiger partial charge in [0, 0.05) is 11.1 Å². The Balaban J connectivity index is 5.49. The average Bonchev–Trinajstić information content (AvgIpc) is 1.87. The highest BCUT2D eigenvalue weighted by molar-refractivity contribution is 5.67. The zero-order valence-corrected chi connectivity index (χ0v) is 15.2. The monoisotopic (exact) mass is 285 g/mol. The summed E-state index contributed by atoms with van der Waals surface area (Å²) in [6.45, 7) is 21.1. The van der Waals surface area contributed by atoms with Gasteiger partial charge in [0.25, 0.3) is 0 Å². The van der Waals surface area contributed by atoms with Crippen molar-refractivity contribution in [3.8, 4) is 0 Å². The predicted molar refractivity (Wildman–Crippen MR) is 86.2 cm³/mol. The molecule has 0 aromatic rings. The molecule has 1 N–H and O–H groups in total. The zero-order valence-electron chi connectivity index (χ0n) is 15.2. The van der Waals surface area contributed by atoms with Gasteiger partial charge in [-0.1, -0.05) is 41.5 Å². The van der Waals surface area contributed by atoms with Gasteiger partial charge in [-0.05, 0) is 51.4 Å². The summed E-state index contributed by atoms with van der Waals surface area (Å²) in [5.74, 6) is 0. The zero-order chi connectivity index (χ0) is 16.6. The van der Waals surface area contributed by atoms with E-state index in [1.54, 1.807) is 4.90 Å². The molecule has 1 amide bonds. The average molecular weight is 285 g/mol. The van der Waals surface area contributed by atoms with Gasteiger partial charge in [0.15, 0.2) is 0 Å². The summed E-state index contributed by atoms with van der Waals surface area (Å²) in [4.78, 5) is 13.6.